The maximum Gasteiger partial charge on any atom is 0.313 e. The number of benzene rings is 2. The summed E-state index contributed by atoms with van der Waals surface area (Å²) in [5.74, 6) is -0.579. The van der Waals surface area contributed by atoms with E-state index < -0.39 is 11.8 Å². The predicted molar refractivity (Wildman–Crippen MR) is 94.0 cm³/mol. The summed E-state index contributed by atoms with van der Waals surface area (Å²) < 4.78 is 5.47. The molecule has 2 rings (SSSR count). The van der Waals surface area contributed by atoms with E-state index in [1.54, 1.807) is 24.3 Å². The Labute approximate surface area is 142 Å². The highest BCUT2D eigenvalue weighted by molar-refractivity contribution is 6.39. The number of amides is 2. The van der Waals surface area contributed by atoms with Crippen molar-refractivity contribution in [3.8, 4) is 5.75 Å². The number of nitrogens with one attached hydrogen (secondary N) is 2. The van der Waals surface area contributed by atoms with E-state index in [-0.39, 0.29) is 0 Å². The molecule has 0 aliphatic rings. The largest absolute Gasteiger partial charge is 0.494 e. The first kappa shape index (κ1) is 17.5. The number of ether oxygens (including phenoxy) is 1. The average molecular weight is 326 g/mol. The van der Waals surface area contributed by atoms with Crippen LogP contribution in [0.25, 0.3) is 0 Å². The van der Waals surface area contributed by atoms with Gasteiger partial charge in [0.1, 0.15) is 5.75 Å². The molecule has 2 aromatic rings. The van der Waals surface area contributed by atoms with Gasteiger partial charge in [-0.05, 0) is 42.7 Å². The van der Waals surface area contributed by atoms with Gasteiger partial charge < -0.3 is 15.4 Å². The number of anilines is 1. The van der Waals surface area contributed by atoms with Crippen LogP contribution in [0.3, 0.4) is 0 Å². The van der Waals surface area contributed by atoms with Gasteiger partial charge in [-0.1, -0.05) is 37.3 Å². The standard InChI is InChI=1S/C19H22N2O3/c1-2-14-24-17-10-8-16(9-11-17)21-19(23)18(22)20-13-12-15-6-4-3-5-7-15/h3-11H,2,12-14H2,1H3,(H,20,22)(H,21,23). The Balaban J connectivity index is 1.75. The maximum absolute atomic E-state index is 11.9. The fourth-order valence-corrected chi connectivity index (χ4v) is 2.09. The lowest BCUT2D eigenvalue weighted by molar-refractivity contribution is -0.136. The number of hydrogen-bond donors (Lipinski definition) is 2. The van der Waals surface area contributed by atoms with E-state index in [4.69, 9.17) is 4.74 Å². The zero-order valence-corrected chi connectivity index (χ0v) is 13.7. The minimum Gasteiger partial charge on any atom is -0.494 e. The van der Waals surface area contributed by atoms with Gasteiger partial charge in [0, 0.05) is 12.2 Å². The van der Waals surface area contributed by atoms with E-state index >= 15 is 0 Å². The summed E-state index contributed by atoms with van der Waals surface area (Å²) in [6.07, 6.45) is 1.62. The van der Waals surface area contributed by atoms with Crippen LogP contribution in [0, 0.1) is 0 Å². The lowest BCUT2D eigenvalue weighted by Crippen LogP contribution is -2.36. The molecule has 0 spiro atoms. The van der Waals surface area contributed by atoms with Crippen molar-refractivity contribution < 1.29 is 14.3 Å². The van der Waals surface area contributed by atoms with Crippen LogP contribution in [-0.2, 0) is 16.0 Å². The monoisotopic (exact) mass is 326 g/mol. The van der Waals surface area contributed by atoms with E-state index in [1.807, 2.05) is 37.3 Å². The van der Waals surface area contributed by atoms with Crippen LogP contribution in [0.1, 0.15) is 18.9 Å². The summed E-state index contributed by atoms with van der Waals surface area (Å²) in [5, 5.41) is 5.18. The van der Waals surface area contributed by atoms with Crippen LogP contribution < -0.4 is 15.4 Å². The van der Waals surface area contributed by atoms with Crippen molar-refractivity contribution in [1.82, 2.24) is 5.32 Å². The molecular weight excluding hydrogens is 304 g/mol. The van der Waals surface area contributed by atoms with Crippen molar-refractivity contribution in [3.05, 3.63) is 60.2 Å². The zero-order chi connectivity index (χ0) is 17.2. The van der Waals surface area contributed by atoms with E-state index in [0.717, 1.165) is 17.7 Å². The van der Waals surface area contributed by atoms with Gasteiger partial charge in [0.2, 0.25) is 0 Å². The van der Waals surface area contributed by atoms with Crippen molar-refractivity contribution in [1.29, 1.82) is 0 Å². The Morgan fingerprint density at radius 2 is 1.67 bits per heavy atom. The molecule has 5 nitrogen and oxygen atoms in total. The fourth-order valence-electron chi connectivity index (χ4n) is 2.09. The van der Waals surface area contributed by atoms with Gasteiger partial charge in [0.15, 0.2) is 0 Å². The maximum atomic E-state index is 11.9. The Morgan fingerprint density at radius 3 is 2.33 bits per heavy atom. The third kappa shape index (κ3) is 5.76. The molecule has 0 saturated carbocycles. The fraction of sp³-hybridized carbons (Fsp3) is 0.263. The minimum atomic E-state index is -0.676. The normalized spacial score (nSPS) is 10.0. The first-order chi connectivity index (χ1) is 11.7. The Bertz CT molecular complexity index is 654. The van der Waals surface area contributed by atoms with Gasteiger partial charge >= 0.3 is 11.8 Å². The quantitative estimate of drug-likeness (QED) is 0.769. The van der Waals surface area contributed by atoms with Crippen molar-refractivity contribution >= 4 is 17.5 Å². The molecule has 0 fully saturated rings. The number of carbonyl (C=O) groups is 2. The second kappa shape index (κ2) is 9.35. The molecule has 2 aromatic carbocycles. The topological polar surface area (TPSA) is 67.4 Å². The van der Waals surface area contributed by atoms with Gasteiger partial charge in [-0.25, -0.2) is 0 Å². The molecule has 24 heavy (non-hydrogen) atoms. The molecule has 0 atom stereocenters. The van der Waals surface area contributed by atoms with Crippen LogP contribution in [0.2, 0.25) is 0 Å². The van der Waals surface area contributed by atoms with Crippen LogP contribution in [0.5, 0.6) is 5.75 Å². The molecule has 0 aliphatic carbocycles. The van der Waals surface area contributed by atoms with Crippen LogP contribution in [0.4, 0.5) is 5.69 Å². The van der Waals surface area contributed by atoms with Gasteiger partial charge in [-0.3, -0.25) is 9.59 Å². The summed E-state index contributed by atoms with van der Waals surface area (Å²) in [6.45, 7) is 3.10. The summed E-state index contributed by atoms with van der Waals surface area (Å²) in [7, 11) is 0. The molecule has 0 heterocycles. The zero-order valence-electron chi connectivity index (χ0n) is 13.7. The van der Waals surface area contributed by atoms with E-state index in [0.29, 0.717) is 25.3 Å². The molecule has 5 heteroatoms. The van der Waals surface area contributed by atoms with Gasteiger partial charge in [-0.2, -0.15) is 0 Å². The highest BCUT2D eigenvalue weighted by atomic mass is 16.5. The molecule has 126 valence electrons. The summed E-state index contributed by atoms with van der Waals surface area (Å²) in [6, 6.07) is 16.7. The van der Waals surface area contributed by atoms with Gasteiger partial charge in [-0.15, -0.1) is 0 Å². The molecule has 0 aliphatic heterocycles. The van der Waals surface area contributed by atoms with E-state index in [1.165, 1.54) is 0 Å². The second-order valence-corrected chi connectivity index (χ2v) is 5.32. The first-order valence-electron chi connectivity index (χ1n) is 8.05. The van der Waals surface area contributed by atoms with Gasteiger partial charge in [0.25, 0.3) is 0 Å². The molecule has 0 radical (unpaired) electrons. The van der Waals surface area contributed by atoms with Crippen molar-refractivity contribution in [2.75, 3.05) is 18.5 Å². The SMILES string of the molecule is CCCOc1ccc(NC(=O)C(=O)NCCc2ccccc2)cc1. The Kier molecular flexibility index (Phi) is 6.83. The van der Waals surface area contributed by atoms with E-state index in [2.05, 4.69) is 10.6 Å². The Morgan fingerprint density at radius 1 is 0.958 bits per heavy atom. The summed E-state index contributed by atoms with van der Waals surface area (Å²) in [4.78, 5) is 23.7. The Hall–Kier alpha value is -2.82. The molecule has 0 saturated heterocycles. The summed E-state index contributed by atoms with van der Waals surface area (Å²) >= 11 is 0. The van der Waals surface area contributed by atoms with Gasteiger partial charge in [0.05, 0.1) is 6.61 Å². The summed E-state index contributed by atoms with van der Waals surface area (Å²) in [5.41, 5.74) is 1.67. The second-order valence-electron chi connectivity index (χ2n) is 5.32. The molecule has 2 N–H and O–H groups in total. The molecular formula is C19H22N2O3. The molecule has 0 bridgehead atoms. The minimum absolute atomic E-state index is 0.417. The van der Waals surface area contributed by atoms with Crippen LogP contribution in [-0.4, -0.2) is 25.0 Å². The lowest BCUT2D eigenvalue weighted by Gasteiger charge is -2.08. The third-order valence-corrected chi connectivity index (χ3v) is 3.33. The highest BCUT2D eigenvalue weighted by Gasteiger charge is 2.13. The van der Waals surface area contributed by atoms with E-state index in [9.17, 15) is 9.59 Å². The molecule has 0 aromatic heterocycles. The number of carbonyl (C=O) groups excluding carboxylic acids is 2. The predicted octanol–water partition coefficient (Wildman–Crippen LogP) is 2.77. The van der Waals surface area contributed by atoms with Crippen molar-refractivity contribution in [2.24, 2.45) is 0 Å². The third-order valence-electron chi connectivity index (χ3n) is 3.33. The lowest BCUT2D eigenvalue weighted by atomic mass is 10.1. The number of hydrogen-bond acceptors (Lipinski definition) is 3. The van der Waals surface area contributed by atoms with Crippen molar-refractivity contribution in [2.45, 2.75) is 19.8 Å². The smallest absolute Gasteiger partial charge is 0.313 e. The number of rotatable bonds is 7. The molecule has 2 amide bonds. The highest BCUT2D eigenvalue weighted by Crippen LogP contribution is 2.15. The van der Waals surface area contributed by atoms with Crippen LogP contribution >= 0.6 is 0 Å². The van der Waals surface area contributed by atoms with Crippen LogP contribution in [0.15, 0.2) is 54.6 Å². The molecule has 0 unspecified atom stereocenters. The first-order valence-corrected chi connectivity index (χ1v) is 8.05. The van der Waals surface area contributed by atoms with Crippen molar-refractivity contribution in [3.63, 3.8) is 0 Å². The average Bonchev–Trinajstić information content (AvgIpc) is 2.62.